The fourth-order valence-electron chi connectivity index (χ4n) is 5.46. The second kappa shape index (κ2) is 13.8. The summed E-state index contributed by atoms with van der Waals surface area (Å²) in [6.07, 6.45) is -0.684. The van der Waals surface area contributed by atoms with E-state index in [4.69, 9.17) is 0 Å². The van der Waals surface area contributed by atoms with Gasteiger partial charge in [0.15, 0.2) is 11.0 Å². The highest BCUT2D eigenvalue weighted by Crippen LogP contribution is 2.32. The van der Waals surface area contributed by atoms with Crippen LogP contribution in [0.4, 0.5) is 23.7 Å². The molecule has 1 aliphatic rings. The van der Waals surface area contributed by atoms with Crippen molar-refractivity contribution in [1.82, 2.24) is 20.1 Å². The highest BCUT2D eigenvalue weighted by Gasteiger charge is 2.31. The molecule has 3 aromatic carbocycles. The van der Waals surface area contributed by atoms with Gasteiger partial charge in [0, 0.05) is 29.6 Å². The first-order chi connectivity index (χ1) is 21.4. The van der Waals surface area contributed by atoms with Crippen LogP contribution >= 0.6 is 11.8 Å². The van der Waals surface area contributed by atoms with E-state index in [0.29, 0.717) is 11.5 Å². The number of amidine groups is 1. The van der Waals surface area contributed by atoms with Gasteiger partial charge in [0.1, 0.15) is 12.1 Å². The molecule has 236 valence electrons. The van der Waals surface area contributed by atoms with Crippen molar-refractivity contribution >= 4 is 28.6 Å². The molecule has 1 saturated heterocycles. The Morgan fingerprint density at radius 1 is 1.07 bits per heavy atom. The molecular formula is C33H35F3N6O2S. The molecule has 2 amide bonds. The first-order valence-corrected chi connectivity index (χ1v) is 15.7. The molecule has 1 atom stereocenters. The molecule has 1 unspecified atom stereocenters. The van der Waals surface area contributed by atoms with E-state index >= 15 is 0 Å². The number of nitrogens with one attached hydrogen (secondary N) is 1. The number of benzene rings is 3. The van der Waals surface area contributed by atoms with E-state index < -0.39 is 6.36 Å². The van der Waals surface area contributed by atoms with E-state index in [9.17, 15) is 18.0 Å². The lowest BCUT2D eigenvalue weighted by Crippen LogP contribution is -2.33. The van der Waals surface area contributed by atoms with Gasteiger partial charge in [-0.25, -0.2) is 14.5 Å². The van der Waals surface area contributed by atoms with Crippen molar-refractivity contribution in [3.8, 4) is 22.8 Å². The second-order valence-corrected chi connectivity index (χ2v) is 12.2. The van der Waals surface area contributed by atoms with Crippen LogP contribution in [0.25, 0.3) is 17.1 Å². The zero-order valence-electron chi connectivity index (χ0n) is 25.6. The number of carbonyl (C=O) groups excluding carboxylic acids is 1. The maximum atomic E-state index is 12.8. The normalized spacial score (nSPS) is 15.0. The van der Waals surface area contributed by atoms with Crippen molar-refractivity contribution in [2.45, 2.75) is 59.4 Å². The number of aryl methyl sites for hydroxylation is 4. The van der Waals surface area contributed by atoms with Gasteiger partial charge in [-0.2, -0.15) is 4.99 Å². The van der Waals surface area contributed by atoms with Gasteiger partial charge in [-0.05, 0) is 87.9 Å². The van der Waals surface area contributed by atoms with Gasteiger partial charge in [0.25, 0.3) is 0 Å². The number of thioether (sulfide) groups is 1. The van der Waals surface area contributed by atoms with Crippen LogP contribution in [0.5, 0.6) is 5.75 Å². The molecule has 8 nitrogen and oxygen atoms in total. The predicted octanol–water partition coefficient (Wildman–Crippen LogP) is 7.79. The molecule has 12 heteroatoms. The summed E-state index contributed by atoms with van der Waals surface area (Å²) in [7, 11) is 0. The van der Waals surface area contributed by atoms with Crippen molar-refractivity contribution in [2.24, 2.45) is 4.99 Å². The van der Waals surface area contributed by atoms with Crippen LogP contribution in [-0.2, 0) is 6.42 Å². The summed E-state index contributed by atoms with van der Waals surface area (Å²) in [5, 5.41) is 8.21. The minimum atomic E-state index is -4.74. The average Bonchev–Trinajstić information content (AvgIpc) is 3.63. The van der Waals surface area contributed by atoms with Crippen LogP contribution < -0.4 is 15.0 Å². The molecule has 4 aromatic rings. The Bertz CT molecular complexity index is 1650. The van der Waals surface area contributed by atoms with E-state index in [1.165, 1.54) is 52.0 Å². The summed E-state index contributed by atoms with van der Waals surface area (Å²) >= 11 is 1.61. The van der Waals surface area contributed by atoms with Crippen molar-refractivity contribution < 1.29 is 22.7 Å². The molecule has 0 bridgehead atoms. The monoisotopic (exact) mass is 636 g/mol. The first kappa shape index (κ1) is 32.1. The van der Waals surface area contributed by atoms with Crippen molar-refractivity contribution in [2.75, 3.05) is 17.2 Å². The summed E-state index contributed by atoms with van der Waals surface area (Å²) < 4.78 is 42.6. The highest BCUT2D eigenvalue weighted by atomic mass is 32.2. The highest BCUT2D eigenvalue weighted by molar-refractivity contribution is 8.14. The zero-order chi connectivity index (χ0) is 32.1. The molecule has 0 saturated carbocycles. The lowest BCUT2D eigenvalue weighted by atomic mass is 10.0. The Morgan fingerprint density at radius 2 is 1.76 bits per heavy atom. The molecule has 0 radical (unpaired) electrons. The van der Waals surface area contributed by atoms with E-state index in [1.807, 2.05) is 31.2 Å². The number of urea groups is 1. The molecule has 1 fully saturated rings. The Labute approximate surface area is 264 Å². The van der Waals surface area contributed by atoms with Crippen LogP contribution in [0.3, 0.4) is 0 Å². The minimum absolute atomic E-state index is 0.0221. The van der Waals surface area contributed by atoms with Crippen LogP contribution in [0.2, 0.25) is 0 Å². The zero-order valence-corrected chi connectivity index (χ0v) is 26.4. The summed E-state index contributed by atoms with van der Waals surface area (Å²) in [5.74, 6) is 1.09. The van der Waals surface area contributed by atoms with Gasteiger partial charge in [-0.15, -0.1) is 18.3 Å². The lowest BCUT2D eigenvalue weighted by Gasteiger charge is -2.23. The maximum absolute atomic E-state index is 12.8. The number of ether oxygens (including phenoxy) is 1. The number of hydrogen-bond donors (Lipinski definition) is 1. The SMILES string of the molecule is Cc1cc(C)c(N2CCS/C2=N\C(=O)NC(C)CCCc2ccc(-c3ncn(-c4ccc(OC(F)(F)F)cc4)n3)cc2)c(C)c1. The van der Waals surface area contributed by atoms with Gasteiger partial charge >= 0.3 is 12.4 Å². The molecule has 0 spiro atoms. The summed E-state index contributed by atoms with van der Waals surface area (Å²) in [6.45, 7) is 9.11. The van der Waals surface area contributed by atoms with Crippen LogP contribution in [-0.4, -0.2) is 50.7 Å². The minimum Gasteiger partial charge on any atom is -0.406 e. The number of rotatable bonds is 9. The molecule has 5 rings (SSSR count). The number of halogens is 3. The smallest absolute Gasteiger partial charge is 0.406 e. The fraction of sp³-hybridized carbons (Fsp3) is 0.333. The van der Waals surface area contributed by atoms with Gasteiger partial charge in [0.2, 0.25) is 0 Å². The third-order valence-corrected chi connectivity index (χ3v) is 8.35. The van der Waals surface area contributed by atoms with Crippen molar-refractivity contribution in [3.05, 3.63) is 89.2 Å². The van der Waals surface area contributed by atoms with E-state index in [1.54, 1.807) is 11.8 Å². The number of alkyl halides is 3. The number of hydrogen-bond acceptors (Lipinski definition) is 5. The third kappa shape index (κ3) is 8.44. The fourth-order valence-corrected chi connectivity index (χ4v) is 6.40. The standard InChI is InChI=1S/C33H35F3N6O2S/c1-21-18-22(2)29(23(3)19-21)41-16-17-45-32(41)39-31(43)38-24(4)6-5-7-25-8-10-26(11-9-25)30-37-20-42(40-30)27-12-14-28(15-13-27)44-33(34,35)36/h8-15,18-20,24H,5-7,16-17H2,1-4H3,(H,38,43)/b39-32-. The number of aliphatic imine (C=N–C) groups is 1. The molecule has 1 N–H and O–H groups in total. The summed E-state index contributed by atoms with van der Waals surface area (Å²) in [4.78, 5) is 23.7. The number of amides is 2. The number of anilines is 1. The number of nitrogens with zero attached hydrogens (tertiary/aromatic N) is 5. The number of carbonyl (C=O) groups is 1. The quantitative estimate of drug-likeness (QED) is 0.202. The largest absolute Gasteiger partial charge is 0.573 e. The first-order valence-electron chi connectivity index (χ1n) is 14.7. The van der Waals surface area contributed by atoms with Crippen molar-refractivity contribution in [3.63, 3.8) is 0 Å². The summed E-state index contributed by atoms with van der Waals surface area (Å²) in [6, 6.07) is 17.3. The Hall–Kier alpha value is -4.32. The Kier molecular flexibility index (Phi) is 9.81. The third-order valence-electron chi connectivity index (χ3n) is 7.39. The molecule has 1 aromatic heterocycles. The lowest BCUT2D eigenvalue weighted by molar-refractivity contribution is -0.274. The second-order valence-electron chi connectivity index (χ2n) is 11.1. The van der Waals surface area contributed by atoms with Crippen LogP contribution in [0.1, 0.15) is 42.0 Å². The molecular weight excluding hydrogens is 601 g/mol. The predicted molar refractivity (Wildman–Crippen MR) is 172 cm³/mol. The average molecular weight is 637 g/mol. The summed E-state index contributed by atoms with van der Waals surface area (Å²) in [5.41, 5.74) is 7.25. The van der Waals surface area contributed by atoms with E-state index in [-0.39, 0.29) is 17.8 Å². The van der Waals surface area contributed by atoms with Crippen LogP contribution in [0, 0.1) is 20.8 Å². The van der Waals surface area contributed by atoms with Crippen molar-refractivity contribution in [1.29, 1.82) is 0 Å². The maximum Gasteiger partial charge on any atom is 0.573 e. The Morgan fingerprint density at radius 3 is 2.42 bits per heavy atom. The molecule has 0 aliphatic carbocycles. The van der Waals surface area contributed by atoms with Gasteiger partial charge in [-0.3, -0.25) is 0 Å². The Balaban J connectivity index is 1.10. The van der Waals surface area contributed by atoms with Gasteiger partial charge < -0.3 is 15.0 Å². The molecule has 2 heterocycles. The molecule has 1 aliphatic heterocycles. The van der Waals surface area contributed by atoms with Gasteiger partial charge in [-0.1, -0.05) is 53.7 Å². The van der Waals surface area contributed by atoms with Gasteiger partial charge in [0.05, 0.1) is 5.69 Å². The van der Waals surface area contributed by atoms with E-state index in [0.717, 1.165) is 53.5 Å². The van der Waals surface area contributed by atoms with E-state index in [2.05, 4.69) is 62.9 Å². The number of aromatic nitrogens is 3. The topological polar surface area (TPSA) is 84.6 Å². The van der Waals surface area contributed by atoms with Crippen LogP contribution in [0.15, 0.2) is 72.0 Å². The molecule has 45 heavy (non-hydrogen) atoms.